The van der Waals surface area contributed by atoms with Crippen molar-refractivity contribution < 1.29 is 18.3 Å². The van der Waals surface area contributed by atoms with Crippen molar-refractivity contribution in [2.75, 3.05) is 20.1 Å². The van der Waals surface area contributed by atoms with E-state index in [1.54, 1.807) is 15.8 Å². The zero-order valence-electron chi connectivity index (χ0n) is 17.2. The summed E-state index contributed by atoms with van der Waals surface area (Å²) in [7, 11) is 3.67. The molecule has 2 aromatic rings. The van der Waals surface area contributed by atoms with Gasteiger partial charge in [-0.25, -0.2) is 8.78 Å². The van der Waals surface area contributed by atoms with Gasteiger partial charge in [0.1, 0.15) is 11.9 Å². The highest BCUT2D eigenvalue weighted by atomic mass is 19.3. The third-order valence-corrected chi connectivity index (χ3v) is 6.81. The molecule has 2 atom stereocenters. The van der Waals surface area contributed by atoms with Crippen LogP contribution < -0.4 is 4.74 Å². The van der Waals surface area contributed by atoms with E-state index < -0.39 is 5.92 Å². The number of hydrogen-bond acceptors (Lipinski definition) is 4. The monoisotopic (exact) mass is 416 g/mol. The van der Waals surface area contributed by atoms with Crippen LogP contribution in [0.5, 0.6) is 5.75 Å². The minimum atomic E-state index is -2.54. The maximum atomic E-state index is 13.6. The SMILES string of the molecule is CN1C(=O)c2ccc(-c3cnn(C)c3)cc2OC2CN(C3CCC(F)(F)CC3)CC21. The van der Waals surface area contributed by atoms with Gasteiger partial charge in [-0.2, -0.15) is 5.10 Å². The molecule has 1 saturated carbocycles. The number of halogens is 2. The topological polar surface area (TPSA) is 50.6 Å². The first kappa shape index (κ1) is 19.5. The van der Waals surface area contributed by atoms with Crippen LogP contribution in [0.3, 0.4) is 0 Å². The molecule has 160 valence electrons. The van der Waals surface area contributed by atoms with Crippen molar-refractivity contribution in [2.45, 2.75) is 49.8 Å². The van der Waals surface area contributed by atoms with Crippen LogP contribution in [0.15, 0.2) is 30.6 Å². The fourth-order valence-corrected chi connectivity index (χ4v) is 5.01. The van der Waals surface area contributed by atoms with Gasteiger partial charge in [0.2, 0.25) is 5.92 Å². The summed E-state index contributed by atoms with van der Waals surface area (Å²) < 4.78 is 35.2. The minimum absolute atomic E-state index is 0.0591. The second-order valence-electron chi connectivity index (χ2n) is 8.79. The Labute approximate surface area is 174 Å². The van der Waals surface area contributed by atoms with Gasteiger partial charge in [0.15, 0.2) is 0 Å². The van der Waals surface area contributed by atoms with E-state index in [0.29, 0.717) is 37.2 Å². The Morgan fingerprint density at radius 2 is 1.90 bits per heavy atom. The first-order chi connectivity index (χ1) is 14.3. The summed E-state index contributed by atoms with van der Waals surface area (Å²) in [4.78, 5) is 17.1. The molecule has 1 aromatic carbocycles. The smallest absolute Gasteiger partial charge is 0.257 e. The van der Waals surface area contributed by atoms with Crippen molar-refractivity contribution in [1.29, 1.82) is 0 Å². The first-order valence-corrected chi connectivity index (χ1v) is 10.5. The van der Waals surface area contributed by atoms with E-state index >= 15 is 0 Å². The van der Waals surface area contributed by atoms with E-state index in [-0.39, 0.29) is 36.9 Å². The molecule has 1 amide bonds. The molecule has 30 heavy (non-hydrogen) atoms. The predicted molar refractivity (Wildman–Crippen MR) is 108 cm³/mol. The predicted octanol–water partition coefficient (Wildman–Crippen LogP) is 3.18. The van der Waals surface area contributed by atoms with Crippen LogP contribution in [0.2, 0.25) is 0 Å². The Hall–Kier alpha value is -2.48. The molecule has 3 heterocycles. The number of benzene rings is 1. The second kappa shape index (κ2) is 7.04. The average molecular weight is 416 g/mol. The largest absolute Gasteiger partial charge is 0.486 e. The number of amides is 1. The third kappa shape index (κ3) is 3.37. The highest BCUT2D eigenvalue weighted by Crippen LogP contribution is 2.38. The number of alkyl halides is 2. The minimum Gasteiger partial charge on any atom is -0.486 e. The maximum Gasteiger partial charge on any atom is 0.257 e. The van der Waals surface area contributed by atoms with Gasteiger partial charge in [-0.05, 0) is 30.5 Å². The Morgan fingerprint density at radius 3 is 2.60 bits per heavy atom. The molecule has 5 rings (SSSR count). The number of ether oxygens (including phenoxy) is 1. The molecule has 3 aliphatic rings. The van der Waals surface area contributed by atoms with Crippen molar-refractivity contribution in [3.05, 3.63) is 36.2 Å². The number of carbonyl (C=O) groups excluding carboxylic acids is 1. The van der Waals surface area contributed by atoms with Crippen LogP contribution in [0.4, 0.5) is 8.78 Å². The maximum absolute atomic E-state index is 13.6. The normalized spacial score (nSPS) is 26.8. The highest BCUT2D eigenvalue weighted by molar-refractivity contribution is 5.98. The quantitative estimate of drug-likeness (QED) is 0.755. The fraction of sp³-hybridized carbons (Fsp3) is 0.545. The summed E-state index contributed by atoms with van der Waals surface area (Å²) in [5, 5.41) is 4.22. The standard InChI is InChI=1S/C22H26F2N4O2/c1-26-11-15(10-25-26)14-3-4-17-19(9-14)30-20-13-28(12-18(20)27(2)21(17)29)16-5-7-22(23,24)8-6-16/h3-4,9-11,16,18,20H,5-8,12-13H2,1-2H3. The molecule has 6 nitrogen and oxygen atoms in total. The van der Waals surface area contributed by atoms with E-state index in [2.05, 4.69) is 10.00 Å². The lowest BCUT2D eigenvalue weighted by atomic mass is 9.91. The van der Waals surface area contributed by atoms with Gasteiger partial charge in [-0.15, -0.1) is 0 Å². The van der Waals surface area contributed by atoms with Crippen LogP contribution in [0.25, 0.3) is 11.1 Å². The van der Waals surface area contributed by atoms with Crippen LogP contribution in [0.1, 0.15) is 36.0 Å². The fourth-order valence-electron chi connectivity index (χ4n) is 5.01. The summed E-state index contributed by atoms with van der Waals surface area (Å²) >= 11 is 0. The number of likely N-dealkylation sites (tertiary alicyclic amines) is 1. The number of aryl methyl sites for hydroxylation is 1. The number of likely N-dealkylation sites (N-methyl/N-ethyl adjacent to an activating group) is 1. The third-order valence-electron chi connectivity index (χ3n) is 6.81. The number of nitrogens with zero attached hydrogens (tertiary/aromatic N) is 4. The number of fused-ring (bicyclic) bond motifs is 2. The van der Waals surface area contributed by atoms with Crippen molar-refractivity contribution in [3.8, 4) is 16.9 Å². The molecule has 0 bridgehead atoms. The summed E-state index contributed by atoms with van der Waals surface area (Å²) in [6.45, 7) is 1.31. The van der Waals surface area contributed by atoms with E-state index in [4.69, 9.17) is 4.74 Å². The van der Waals surface area contributed by atoms with E-state index in [9.17, 15) is 13.6 Å². The lowest BCUT2D eigenvalue weighted by Crippen LogP contribution is -2.44. The summed E-state index contributed by atoms with van der Waals surface area (Å²) in [5.74, 6) is -2.02. The van der Waals surface area contributed by atoms with Gasteiger partial charge in [0.25, 0.3) is 5.91 Å². The number of hydrogen-bond donors (Lipinski definition) is 0. The van der Waals surface area contributed by atoms with Gasteiger partial charge >= 0.3 is 0 Å². The van der Waals surface area contributed by atoms with Gasteiger partial charge in [0.05, 0.1) is 17.8 Å². The first-order valence-electron chi connectivity index (χ1n) is 10.5. The molecule has 0 spiro atoms. The molecule has 0 N–H and O–H groups in total. The number of carbonyl (C=O) groups is 1. The van der Waals surface area contributed by atoms with Crippen molar-refractivity contribution >= 4 is 5.91 Å². The van der Waals surface area contributed by atoms with Gasteiger partial charge in [-0.1, -0.05) is 6.07 Å². The summed E-state index contributed by atoms with van der Waals surface area (Å²) in [5.41, 5.74) is 2.46. The van der Waals surface area contributed by atoms with Crippen molar-refractivity contribution in [2.24, 2.45) is 7.05 Å². The summed E-state index contributed by atoms with van der Waals surface area (Å²) in [6, 6.07) is 5.68. The lowest BCUT2D eigenvalue weighted by Gasteiger charge is -2.34. The molecular weight excluding hydrogens is 390 g/mol. The average Bonchev–Trinajstić information content (AvgIpc) is 3.31. The molecule has 0 radical (unpaired) electrons. The molecule has 8 heteroatoms. The van der Waals surface area contributed by atoms with Crippen LogP contribution in [0, 0.1) is 0 Å². The molecule has 1 aliphatic carbocycles. The zero-order valence-corrected chi connectivity index (χ0v) is 17.2. The molecule has 1 saturated heterocycles. The van der Waals surface area contributed by atoms with Crippen molar-refractivity contribution in [3.63, 3.8) is 0 Å². The highest BCUT2D eigenvalue weighted by Gasteiger charge is 2.46. The Morgan fingerprint density at radius 1 is 1.13 bits per heavy atom. The number of rotatable bonds is 2. The summed E-state index contributed by atoms with van der Waals surface area (Å²) in [6.07, 6.45) is 4.40. The molecule has 1 aromatic heterocycles. The van der Waals surface area contributed by atoms with E-state index in [1.165, 1.54) is 0 Å². The van der Waals surface area contributed by atoms with Gasteiger partial charge in [-0.3, -0.25) is 14.4 Å². The van der Waals surface area contributed by atoms with E-state index in [0.717, 1.165) is 11.1 Å². The van der Waals surface area contributed by atoms with Gasteiger partial charge < -0.3 is 9.64 Å². The Bertz CT molecular complexity index is 966. The number of aromatic nitrogens is 2. The molecule has 2 fully saturated rings. The Kier molecular flexibility index (Phi) is 4.57. The molecular formula is C22H26F2N4O2. The van der Waals surface area contributed by atoms with Crippen molar-refractivity contribution in [1.82, 2.24) is 19.6 Å². The van der Waals surface area contributed by atoms with E-state index in [1.807, 2.05) is 38.5 Å². The van der Waals surface area contributed by atoms with Crippen LogP contribution >= 0.6 is 0 Å². The van der Waals surface area contributed by atoms with Crippen LogP contribution in [-0.4, -0.2) is 69.7 Å². The van der Waals surface area contributed by atoms with Crippen LogP contribution in [-0.2, 0) is 7.05 Å². The Balaban J connectivity index is 1.39. The lowest BCUT2D eigenvalue weighted by molar-refractivity contribution is -0.0523. The molecule has 2 aliphatic heterocycles. The van der Waals surface area contributed by atoms with Gasteiger partial charge in [0, 0.05) is 57.8 Å². The zero-order chi connectivity index (χ0) is 21.0. The molecule has 2 unspecified atom stereocenters. The second-order valence-corrected chi connectivity index (χ2v) is 8.79.